The van der Waals surface area contributed by atoms with Crippen molar-refractivity contribution < 1.29 is 13.2 Å². The zero-order valence-corrected chi connectivity index (χ0v) is 13.1. The number of hydrogen-bond donors (Lipinski definition) is 2. The summed E-state index contributed by atoms with van der Waals surface area (Å²) in [5, 5.41) is 0. The van der Waals surface area contributed by atoms with Crippen LogP contribution in [0.4, 0.5) is 0 Å². The Bertz CT molecular complexity index is 696. The highest BCUT2D eigenvalue weighted by molar-refractivity contribution is 7.89. The Morgan fingerprint density at radius 1 is 1.43 bits per heavy atom. The minimum absolute atomic E-state index is 0.214. The maximum Gasteiger partial charge on any atom is 0.241 e. The minimum atomic E-state index is -3.61. The first-order chi connectivity index (χ1) is 9.97. The van der Waals surface area contributed by atoms with E-state index in [2.05, 4.69) is 14.7 Å². The van der Waals surface area contributed by atoms with Crippen molar-refractivity contribution in [3.05, 3.63) is 42.0 Å². The van der Waals surface area contributed by atoms with Gasteiger partial charge in [-0.3, -0.25) is 0 Å². The van der Waals surface area contributed by atoms with Gasteiger partial charge in [-0.1, -0.05) is 6.92 Å². The lowest BCUT2D eigenvalue weighted by Crippen LogP contribution is -2.29. The van der Waals surface area contributed by atoms with Crippen molar-refractivity contribution >= 4 is 10.0 Å². The van der Waals surface area contributed by atoms with Gasteiger partial charge in [-0.25, -0.2) is 18.1 Å². The number of aryl methyl sites for hydroxylation is 1. The van der Waals surface area contributed by atoms with E-state index in [0.29, 0.717) is 18.0 Å². The fraction of sp³-hybridized carbons (Fsp3) is 0.357. The summed E-state index contributed by atoms with van der Waals surface area (Å²) in [5.41, 5.74) is 0.770. The molecule has 1 aromatic carbocycles. The van der Waals surface area contributed by atoms with Crippen molar-refractivity contribution in [1.29, 1.82) is 0 Å². The number of nitrogens with zero attached hydrogens (tertiary/aromatic N) is 1. The fourth-order valence-corrected chi connectivity index (χ4v) is 3.44. The van der Waals surface area contributed by atoms with Crippen molar-refractivity contribution in [2.24, 2.45) is 0 Å². The molecule has 2 N–H and O–H groups in total. The summed E-state index contributed by atoms with van der Waals surface area (Å²) in [6.07, 6.45) is 3.87. The molecule has 2 aromatic rings. The quantitative estimate of drug-likeness (QED) is 0.856. The third-order valence-corrected chi connectivity index (χ3v) is 4.70. The molecule has 21 heavy (non-hydrogen) atoms. The van der Waals surface area contributed by atoms with Crippen LogP contribution in [0.15, 0.2) is 35.5 Å². The van der Waals surface area contributed by atoms with Crippen LogP contribution < -0.4 is 9.46 Å². The lowest BCUT2D eigenvalue weighted by atomic mass is 10.2. The van der Waals surface area contributed by atoms with Gasteiger partial charge in [0.25, 0.3) is 0 Å². The highest BCUT2D eigenvalue weighted by atomic mass is 32.2. The van der Waals surface area contributed by atoms with Gasteiger partial charge in [0.15, 0.2) is 0 Å². The lowest BCUT2D eigenvalue weighted by Gasteiger charge is -2.15. The third-order valence-electron chi connectivity index (χ3n) is 3.23. The first-order valence-electron chi connectivity index (χ1n) is 6.64. The van der Waals surface area contributed by atoms with Crippen LogP contribution in [0.2, 0.25) is 0 Å². The molecule has 0 fully saturated rings. The summed E-state index contributed by atoms with van der Waals surface area (Å²) in [4.78, 5) is 7.26. The van der Waals surface area contributed by atoms with Crippen molar-refractivity contribution in [3.8, 4) is 5.75 Å². The van der Waals surface area contributed by atoms with Gasteiger partial charge in [0.05, 0.1) is 18.0 Å². The number of imidazole rings is 1. The van der Waals surface area contributed by atoms with E-state index in [0.717, 1.165) is 5.56 Å². The lowest BCUT2D eigenvalue weighted by molar-refractivity contribution is 0.411. The molecule has 0 bridgehead atoms. The molecule has 0 saturated carbocycles. The van der Waals surface area contributed by atoms with Gasteiger partial charge in [0, 0.05) is 12.4 Å². The van der Waals surface area contributed by atoms with E-state index in [1.165, 1.54) is 6.07 Å². The molecule has 1 atom stereocenters. The molecule has 0 aliphatic carbocycles. The van der Waals surface area contributed by atoms with Crippen LogP contribution in [0, 0.1) is 6.92 Å². The molecule has 114 valence electrons. The Morgan fingerprint density at radius 3 is 2.71 bits per heavy atom. The molecule has 0 aliphatic rings. The second-order valence-corrected chi connectivity index (χ2v) is 6.40. The van der Waals surface area contributed by atoms with E-state index in [1.807, 2.05) is 13.8 Å². The van der Waals surface area contributed by atoms with Gasteiger partial charge in [-0.15, -0.1) is 0 Å². The van der Waals surface area contributed by atoms with Gasteiger partial charge >= 0.3 is 0 Å². The summed E-state index contributed by atoms with van der Waals surface area (Å²) < 4.78 is 32.7. The molecule has 0 saturated heterocycles. The highest BCUT2D eigenvalue weighted by Crippen LogP contribution is 2.23. The topological polar surface area (TPSA) is 84.1 Å². The van der Waals surface area contributed by atoms with Crippen LogP contribution in [0.1, 0.15) is 30.8 Å². The molecule has 2 rings (SSSR count). The molecule has 0 aliphatic heterocycles. The number of aromatic nitrogens is 2. The molecule has 0 radical (unpaired) electrons. The molecule has 1 unspecified atom stereocenters. The average molecular weight is 309 g/mol. The predicted octanol–water partition coefficient (Wildman–Crippen LogP) is 2.16. The number of hydrogen-bond acceptors (Lipinski definition) is 4. The number of H-pyrrole nitrogens is 1. The molecule has 0 amide bonds. The number of rotatable bonds is 6. The summed E-state index contributed by atoms with van der Waals surface area (Å²) in [6.45, 7) is 3.71. The molecular formula is C14H19N3O3S. The Balaban J connectivity index is 2.27. The second kappa shape index (κ2) is 6.28. The zero-order valence-electron chi connectivity index (χ0n) is 12.3. The second-order valence-electron chi connectivity index (χ2n) is 4.69. The van der Waals surface area contributed by atoms with E-state index < -0.39 is 10.0 Å². The van der Waals surface area contributed by atoms with Gasteiger partial charge in [0.1, 0.15) is 11.6 Å². The van der Waals surface area contributed by atoms with Gasteiger partial charge in [-0.2, -0.15) is 0 Å². The van der Waals surface area contributed by atoms with E-state index >= 15 is 0 Å². The Kier molecular flexibility index (Phi) is 4.64. The number of ether oxygens (including phenoxy) is 1. The maximum atomic E-state index is 12.5. The van der Waals surface area contributed by atoms with Crippen LogP contribution in [-0.2, 0) is 10.0 Å². The highest BCUT2D eigenvalue weighted by Gasteiger charge is 2.22. The molecule has 7 heteroatoms. The van der Waals surface area contributed by atoms with Crippen molar-refractivity contribution in [2.45, 2.75) is 31.2 Å². The number of nitrogens with one attached hydrogen (secondary N) is 2. The van der Waals surface area contributed by atoms with Crippen molar-refractivity contribution in [3.63, 3.8) is 0 Å². The predicted molar refractivity (Wildman–Crippen MR) is 79.7 cm³/mol. The molecular weight excluding hydrogens is 290 g/mol. The van der Waals surface area contributed by atoms with E-state index in [9.17, 15) is 8.42 Å². The van der Waals surface area contributed by atoms with E-state index in [-0.39, 0.29) is 10.9 Å². The first kappa shape index (κ1) is 15.5. The summed E-state index contributed by atoms with van der Waals surface area (Å²) in [7, 11) is -2.06. The van der Waals surface area contributed by atoms with Gasteiger partial charge < -0.3 is 9.72 Å². The monoisotopic (exact) mass is 309 g/mol. The summed E-state index contributed by atoms with van der Waals surface area (Å²) >= 11 is 0. The van der Waals surface area contributed by atoms with Crippen molar-refractivity contribution in [2.75, 3.05) is 7.11 Å². The molecule has 1 aromatic heterocycles. The first-order valence-corrected chi connectivity index (χ1v) is 8.12. The Hall–Kier alpha value is -1.86. The maximum absolute atomic E-state index is 12.5. The molecule has 0 spiro atoms. The normalized spacial score (nSPS) is 13.1. The van der Waals surface area contributed by atoms with Crippen molar-refractivity contribution in [1.82, 2.24) is 14.7 Å². The molecule has 6 nitrogen and oxygen atoms in total. The largest absolute Gasteiger partial charge is 0.496 e. The number of aromatic amines is 1. The van der Waals surface area contributed by atoms with Crippen LogP contribution in [0.5, 0.6) is 5.75 Å². The fourth-order valence-electron chi connectivity index (χ4n) is 2.07. The van der Waals surface area contributed by atoms with Crippen LogP contribution in [0.3, 0.4) is 0 Å². The smallest absolute Gasteiger partial charge is 0.241 e. The standard InChI is InChI=1S/C14H19N3O3S/c1-4-12(14-15-7-8-16-14)17-21(18,19)11-5-6-13(20-3)10(2)9-11/h5-9,12,17H,4H2,1-3H3,(H,15,16). The minimum Gasteiger partial charge on any atom is -0.496 e. The van der Waals surface area contributed by atoms with E-state index in [4.69, 9.17) is 4.74 Å². The zero-order chi connectivity index (χ0) is 15.5. The number of benzene rings is 1. The summed E-state index contributed by atoms with van der Waals surface area (Å²) in [5.74, 6) is 1.26. The van der Waals surface area contributed by atoms with E-state index in [1.54, 1.807) is 31.6 Å². The molecule has 1 heterocycles. The van der Waals surface area contributed by atoms with Crippen LogP contribution >= 0.6 is 0 Å². The third kappa shape index (κ3) is 3.43. The van der Waals surface area contributed by atoms with Gasteiger partial charge in [-0.05, 0) is 37.1 Å². The Morgan fingerprint density at radius 2 is 2.19 bits per heavy atom. The average Bonchev–Trinajstić information content (AvgIpc) is 2.98. The number of sulfonamides is 1. The number of methoxy groups -OCH3 is 1. The SMILES string of the molecule is CCC(NS(=O)(=O)c1ccc(OC)c(C)c1)c1ncc[nH]1. The van der Waals surface area contributed by atoms with Crippen LogP contribution in [-0.4, -0.2) is 25.5 Å². The van der Waals surface area contributed by atoms with Crippen LogP contribution in [0.25, 0.3) is 0 Å². The van der Waals surface area contributed by atoms with Gasteiger partial charge in [0.2, 0.25) is 10.0 Å². The summed E-state index contributed by atoms with van der Waals surface area (Å²) in [6, 6.07) is 4.39. The Labute approximate surface area is 124 Å².